The largest absolute Gasteiger partial charge is 0.337 e. The highest BCUT2D eigenvalue weighted by atomic mass is 15.4. The zero-order valence-electron chi connectivity index (χ0n) is 17.7. The van der Waals surface area contributed by atoms with Gasteiger partial charge < -0.3 is 15.1 Å². The van der Waals surface area contributed by atoms with Crippen molar-refractivity contribution in [2.75, 3.05) is 41.3 Å². The first kappa shape index (κ1) is 19.9. The van der Waals surface area contributed by atoms with Gasteiger partial charge in [0.2, 0.25) is 17.8 Å². The maximum Gasteiger partial charge on any atom is 0.231 e. The van der Waals surface area contributed by atoms with Crippen molar-refractivity contribution >= 4 is 23.5 Å². The monoisotopic (exact) mass is 424 g/mol. The molecule has 2 aromatic carbocycles. The van der Waals surface area contributed by atoms with Gasteiger partial charge in [-0.1, -0.05) is 48.5 Å². The van der Waals surface area contributed by atoms with Crippen molar-refractivity contribution < 1.29 is 0 Å². The first-order chi connectivity index (χ1) is 15.8. The Kier molecular flexibility index (Phi) is 5.83. The van der Waals surface area contributed by atoms with E-state index >= 15 is 0 Å². The van der Waals surface area contributed by atoms with Crippen molar-refractivity contribution in [2.45, 2.75) is 6.42 Å². The molecule has 1 aliphatic rings. The molecule has 8 nitrogen and oxygen atoms in total. The molecule has 3 heterocycles. The van der Waals surface area contributed by atoms with Crippen LogP contribution in [-0.4, -0.2) is 51.1 Å². The summed E-state index contributed by atoms with van der Waals surface area (Å²) in [4.78, 5) is 26.8. The fourth-order valence-electron chi connectivity index (χ4n) is 3.69. The van der Waals surface area contributed by atoms with Gasteiger partial charge in [0.1, 0.15) is 6.33 Å². The first-order valence-corrected chi connectivity index (χ1v) is 10.7. The Hall–Kier alpha value is -4.07. The van der Waals surface area contributed by atoms with E-state index in [1.807, 2.05) is 48.8 Å². The smallest absolute Gasteiger partial charge is 0.231 e. The third-order valence-electron chi connectivity index (χ3n) is 5.38. The van der Waals surface area contributed by atoms with E-state index in [1.165, 1.54) is 5.56 Å². The highest BCUT2D eigenvalue weighted by Crippen LogP contribution is 2.18. The third kappa shape index (κ3) is 4.80. The maximum atomic E-state index is 4.60. The molecule has 0 unspecified atom stereocenters. The minimum Gasteiger partial charge on any atom is -0.337 e. The van der Waals surface area contributed by atoms with Crippen LogP contribution in [0.3, 0.4) is 0 Å². The molecule has 1 N–H and O–H groups in total. The van der Waals surface area contributed by atoms with Crippen LogP contribution in [0.1, 0.15) is 11.1 Å². The molecule has 0 spiro atoms. The summed E-state index contributed by atoms with van der Waals surface area (Å²) in [5.74, 6) is 1.99. The van der Waals surface area contributed by atoms with Crippen LogP contribution >= 0.6 is 0 Å². The fourth-order valence-corrected chi connectivity index (χ4v) is 3.69. The molecule has 160 valence electrons. The lowest BCUT2D eigenvalue weighted by Gasteiger charge is -2.34. The van der Waals surface area contributed by atoms with Gasteiger partial charge >= 0.3 is 0 Å². The van der Waals surface area contributed by atoms with Gasteiger partial charge in [-0.25, -0.2) is 19.9 Å². The van der Waals surface area contributed by atoms with Crippen molar-refractivity contribution in [1.29, 1.82) is 0 Å². The van der Waals surface area contributed by atoms with Crippen molar-refractivity contribution in [3.05, 3.63) is 90.5 Å². The Bertz CT molecular complexity index is 1130. The molecule has 0 atom stereocenters. The van der Waals surface area contributed by atoms with E-state index in [2.05, 4.69) is 64.3 Å². The van der Waals surface area contributed by atoms with Gasteiger partial charge in [0.05, 0.1) is 0 Å². The summed E-state index contributed by atoms with van der Waals surface area (Å²) < 4.78 is 0. The van der Waals surface area contributed by atoms with Gasteiger partial charge in [-0.05, 0) is 23.3 Å². The molecule has 2 aromatic heterocycles. The van der Waals surface area contributed by atoms with Crippen LogP contribution < -0.4 is 15.1 Å². The molecule has 4 aromatic rings. The molecular formula is C24H24N8. The summed E-state index contributed by atoms with van der Waals surface area (Å²) in [6.07, 6.45) is 6.24. The fraction of sp³-hybridized carbons (Fsp3) is 0.208. The summed E-state index contributed by atoms with van der Waals surface area (Å²) in [7, 11) is 0. The minimum absolute atomic E-state index is 0.543. The highest BCUT2D eigenvalue weighted by Gasteiger charge is 2.21. The molecule has 0 bridgehead atoms. The van der Waals surface area contributed by atoms with Crippen molar-refractivity contribution in [2.24, 2.45) is 0 Å². The second kappa shape index (κ2) is 9.38. The normalized spacial score (nSPS) is 13.8. The SMILES string of the molecule is c1ccc(Cc2cnc(N3CCN(c4ncnc(Nc5ccccc5)n4)CC3)nc2)cc1. The first-order valence-electron chi connectivity index (χ1n) is 10.7. The zero-order chi connectivity index (χ0) is 21.6. The Morgan fingerprint density at radius 1 is 0.656 bits per heavy atom. The Morgan fingerprint density at radius 2 is 1.28 bits per heavy atom. The predicted molar refractivity (Wildman–Crippen MR) is 125 cm³/mol. The summed E-state index contributed by atoms with van der Waals surface area (Å²) in [5.41, 5.74) is 3.32. The number of hydrogen-bond acceptors (Lipinski definition) is 8. The van der Waals surface area contributed by atoms with Crippen molar-refractivity contribution in [3.8, 4) is 0 Å². The molecule has 8 heteroatoms. The molecule has 1 aliphatic heterocycles. The maximum absolute atomic E-state index is 4.60. The summed E-state index contributed by atoms with van der Waals surface area (Å²) in [6.45, 7) is 3.21. The van der Waals surface area contributed by atoms with Gasteiger partial charge in [-0.3, -0.25) is 0 Å². The van der Waals surface area contributed by atoms with E-state index < -0.39 is 0 Å². The number of piperazine rings is 1. The van der Waals surface area contributed by atoms with Gasteiger partial charge in [-0.2, -0.15) is 4.98 Å². The van der Waals surface area contributed by atoms with E-state index in [1.54, 1.807) is 6.33 Å². The van der Waals surface area contributed by atoms with Crippen molar-refractivity contribution in [1.82, 2.24) is 24.9 Å². The molecule has 0 radical (unpaired) electrons. The number of nitrogens with zero attached hydrogens (tertiary/aromatic N) is 7. The molecule has 32 heavy (non-hydrogen) atoms. The second-order valence-electron chi connectivity index (χ2n) is 7.63. The molecular weight excluding hydrogens is 400 g/mol. The highest BCUT2D eigenvalue weighted by molar-refractivity contribution is 5.53. The predicted octanol–water partition coefficient (Wildman–Crippen LogP) is 3.32. The van der Waals surface area contributed by atoms with Crippen LogP contribution in [-0.2, 0) is 6.42 Å². The summed E-state index contributed by atoms with van der Waals surface area (Å²) in [5, 5.41) is 3.22. The van der Waals surface area contributed by atoms with E-state index in [-0.39, 0.29) is 0 Å². The van der Waals surface area contributed by atoms with Crippen LogP contribution in [0.5, 0.6) is 0 Å². The molecule has 0 saturated carbocycles. The van der Waals surface area contributed by atoms with Crippen LogP contribution in [0, 0.1) is 0 Å². The van der Waals surface area contributed by atoms with Crippen LogP contribution in [0.15, 0.2) is 79.4 Å². The van der Waals surface area contributed by atoms with E-state index in [4.69, 9.17) is 0 Å². The number of benzene rings is 2. The van der Waals surface area contributed by atoms with Crippen LogP contribution in [0.25, 0.3) is 0 Å². The minimum atomic E-state index is 0.543. The molecule has 5 rings (SSSR count). The molecule has 0 amide bonds. The zero-order valence-corrected chi connectivity index (χ0v) is 17.7. The van der Waals surface area contributed by atoms with E-state index in [0.717, 1.165) is 49.8 Å². The number of nitrogens with one attached hydrogen (secondary N) is 1. The second-order valence-corrected chi connectivity index (χ2v) is 7.63. The average molecular weight is 425 g/mol. The van der Waals surface area contributed by atoms with Crippen molar-refractivity contribution in [3.63, 3.8) is 0 Å². The Morgan fingerprint density at radius 3 is 1.97 bits per heavy atom. The lowest BCUT2D eigenvalue weighted by atomic mass is 10.1. The lowest BCUT2D eigenvalue weighted by molar-refractivity contribution is 0.626. The Labute approximate surface area is 187 Å². The number of anilines is 4. The van der Waals surface area contributed by atoms with E-state index in [9.17, 15) is 0 Å². The molecule has 1 saturated heterocycles. The molecule has 0 aliphatic carbocycles. The van der Waals surface area contributed by atoms with Gasteiger partial charge in [0, 0.05) is 50.7 Å². The Balaban J connectivity index is 1.19. The summed E-state index contributed by atoms with van der Waals surface area (Å²) in [6, 6.07) is 20.3. The van der Waals surface area contributed by atoms with Crippen LogP contribution in [0.4, 0.5) is 23.5 Å². The summed E-state index contributed by atoms with van der Waals surface area (Å²) >= 11 is 0. The standard InChI is InChI=1S/C24H24N8/c1-3-7-19(8-4-1)15-20-16-25-23(26-17-20)31-11-13-32(14-12-31)24-28-18-27-22(30-24)29-21-9-5-2-6-10-21/h1-10,16-18H,11-15H2,(H,27,28,29,30). The van der Waals surface area contributed by atoms with Gasteiger partial charge in [-0.15, -0.1) is 0 Å². The van der Waals surface area contributed by atoms with Gasteiger partial charge in [0.25, 0.3) is 0 Å². The van der Waals surface area contributed by atoms with E-state index in [0.29, 0.717) is 11.9 Å². The average Bonchev–Trinajstić information content (AvgIpc) is 2.86. The number of para-hydroxylation sites is 1. The number of aromatic nitrogens is 5. The number of rotatable bonds is 6. The van der Waals surface area contributed by atoms with Gasteiger partial charge in [0.15, 0.2) is 0 Å². The lowest BCUT2D eigenvalue weighted by Crippen LogP contribution is -2.47. The van der Waals surface area contributed by atoms with Crippen LogP contribution in [0.2, 0.25) is 0 Å². The molecule has 1 fully saturated rings. The quantitative estimate of drug-likeness (QED) is 0.505. The topological polar surface area (TPSA) is 83.0 Å². The number of hydrogen-bond donors (Lipinski definition) is 1. The third-order valence-corrected chi connectivity index (χ3v) is 5.38.